The van der Waals surface area contributed by atoms with E-state index < -0.39 is 0 Å². The molecule has 0 aliphatic rings. The second-order valence-electron chi connectivity index (χ2n) is 6.79. The van der Waals surface area contributed by atoms with Crippen molar-refractivity contribution in [2.75, 3.05) is 11.9 Å². The molecule has 0 unspecified atom stereocenters. The molecule has 1 aromatic heterocycles. The first-order valence-electron chi connectivity index (χ1n) is 9.14. The van der Waals surface area contributed by atoms with Crippen molar-refractivity contribution in [3.8, 4) is 17.2 Å². The monoisotopic (exact) mass is 406 g/mol. The Kier molecular flexibility index (Phi) is 5.23. The number of nitrogens with zero attached hydrogens (tertiary/aromatic N) is 1. The fourth-order valence-electron chi connectivity index (χ4n) is 2.90. The number of anilines is 1. The molecule has 3 aromatic carbocycles. The molecule has 0 spiro atoms. The van der Waals surface area contributed by atoms with Gasteiger partial charge < -0.3 is 14.5 Å². The van der Waals surface area contributed by atoms with Crippen LogP contribution in [0.25, 0.3) is 22.6 Å². The third-order valence-electron chi connectivity index (χ3n) is 4.59. The minimum atomic E-state index is -0.249. The zero-order valence-corrected chi connectivity index (χ0v) is 16.8. The maximum absolute atomic E-state index is 12.2. The Morgan fingerprint density at radius 2 is 1.93 bits per heavy atom. The van der Waals surface area contributed by atoms with Crippen molar-refractivity contribution in [2.45, 2.75) is 13.8 Å². The fraction of sp³-hybridized carbons (Fsp3) is 0.130. The summed E-state index contributed by atoms with van der Waals surface area (Å²) >= 11 is 6.04. The summed E-state index contributed by atoms with van der Waals surface area (Å²) in [5.74, 6) is 0.895. The van der Waals surface area contributed by atoms with E-state index in [4.69, 9.17) is 20.8 Å². The van der Waals surface area contributed by atoms with E-state index in [0.29, 0.717) is 33.4 Å². The third-order valence-corrected chi connectivity index (χ3v) is 4.83. The van der Waals surface area contributed by atoms with Crippen LogP contribution in [0, 0.1) is 13.8 Å². The summed E-state index contributed by atoms with van der Waals surface area (Å²) in [5.41, 5.74) is 4.99. The SMILES string of the molecule is Cc1ccc(OCC(=O)Nc2ccc3oc(-c4cccc(Cl)c4)nc3c2)cc1C. The van der Waals surface area contributed by atoms with Crippen molar-refractivity contribution < 1.29 is 13.9 Å². The average molecular weight is 407 g/mol. The second kappa shape index (κ2) is 7.97. The molecule has 0 saturated heterocycles. The van der Waals surface area contributed by atoms with Crippen LogP contribution in [-0.4, -0.2) is 17.5 Å². The molecular formula is C23H19ClN2O3. The standard InChI is InChI=1S/C23H19ClN2O3/c1-14-6-8-19(10-15(14)2)28-13-22(27)25-18-7-9-21-20(12-18)26-23(29-21)16-4-3-5-17(24)11-16/h3-12H,13H2,1-2H3,(H,25,27). The number of rotatable bonds is 5. The van der Waals surface area contributed by atoms with Gasteiger partial charge in [-0.15, -0.1) is 0 Å². The number of ether oxygens (including phenoxy) is 1. The predicted octanol–water partition coefficient (Wildman–Crippen LogP) is 5.78. The van der Waals surface area contributed by atoms with Crippen molar-refractivity contribution in [1.82, 2.24) is 4.98 Å². The first kappa shape index (κ1) is 19.0. The summed E-state index contributed by atoms with van der Waals surface area (Å²) in [7, 11) is 0. The number of aryl methyl sites for hydroxylation is 2. The van der Waals surface area contributed by atoms with Crippen molar-refractivity contribution in [3.63, 3.8) is 0 Å². The molecule has 1 N–H and O–H groups in total. The Hall–Kier alpha value is -3.31. The molecule has 6 heteroatoms. The van der Waals surface area contributed by atoms with Gasteiger partial charge in [0.25, 0.3) is 5.91 Å². The Morgan fingerprint density at radius 1 is 1.07 bits per heavy atom. The summed E-state index contributed by atoms with van der Waals surface area (Å²) in [5, 5.41) is 3.43. The van der Waals surface area contributed by atoms with Crippen LogP contribution < -0.4 is 10.1 Å². The predicted molar refractivity (Wildman–Crippen MR) is 114 cm³/mol. The van der Waals surface area contributed by atoms with E-state index in [9.17, 15) is 4.79 Å². The zero-order chi connectivity index (χ0) is 20.4. The largest absolute Gasteiger partial charge is 0.484 e. The Morgan fingerprint density at radius 3 is 2.72 bits per heavy atom. The molecule has 1 heterocycles. The molecule has 4 aromatic rings. The highest BCUT2D eigenvalue weighted by molar-refractivity contribution is 6.30. The summed E-state index contributed by atoms with van der Waals surface area (Å²) in [6.45, 7) is 3.96. The van der Waals surface area contributed by atoms with Gasteiger partial charge in [0.05, 0.1) is 0 Å². The van der Waals surface area contributed by atoms with Gasteiger partial charge in [0, 0.05) is 16.3 Å². The summed E-state index contributed by atoms with van der Waals surface area (Å²) in [4.78, 5) is 16.7. The number of halogens is 1. The maximum atomic E-state index is 12.2. The molecule has 0 bridgehead atoms. The van der Waals surface area contributed by atoms with Gasteiger partial charge >= 0.3 is 0 Å². The van der Waals surface area contributed by atoms with Gasteiger partial charge in [-0.25, -0.2) is 4.98 Å². The van der Waals surface area contributed by atoms with Crippen molar-refractivity contribution in [2.24, 2.45) is 0 Å². The number of carbonyl (C=O) groups is 1. The number of hydrogen-bond donors (Lipinski definition) is 1. The molecule has 1 amide bonds. The number of hydrogen-bond acceptors (Lipinski definition) is 4. The van der Waals surface area contributed by atoms with E-state index in [1.165, 1.54) is 5.56 Å². The summed E-state index contributed by atoms with van der Waals surface area (Å²) < 4.78 is 11.4. The van der Waals surface area contributed by atoms with E-state index in [2.05, 4.69) is 10.3 Å². The Labute approximate surface area is 173 Å². The normalized spacial score (nSPS) is 10.9. The molecule has 146 valence electrons. The summed E-state index contributed by atoms with van der Waals surface area (Å²) in [6, 6.07) is 18.4. The van der Waals surface area contributed by atoms with Crippen molar-refractivity contribution >= 4 is 34.3 Å². The molecule has 0 saturated carbocycles. The van der Waals surface area contributed by atoms with Gasteiger partial charge in [0.1, 0.15) is 11.3 Å². The highest BCUT2D eigenvalue weighted by atomic mass is 35.5. The number of amides is 1. The Balaban J connectivity index is 1.45. The zero-order valence-electron chi connectivity index (χ0n) is 16.0. The van der Waals surface area contributed by atoms with Crippen LogP contribution in [0.15, 0.2) is 65.1 Å². The lowest BCUT2D eigenvalue weighted by Gasteiger charge is -2.09. The van der Waals surface area contributed by atoms with Gasteiger partial charge in [-0.3, -0.25) is 4.79 Å². The van der Waals surface area contributed by atoms with E-state index in [1.54, 1.807) is 30.3 Å². The number of carbonyl (C=O) groups excluding carboxylic acids is 1. The van der Waals surface area contributed by atoms with Crippen molar-refractivity contribution in [1.29, 1.82) is 0 Å². The highest BCUT2D eigenvalue weighted by Gasteiger charge is 2.11. The molecule has 0 fully saturated rings. The van der Waals surface area contributed by atoms with Crippen LogP contribution in [0.5, 0.6) is 5.75 Å². The second-order valence-corrected chi connectivity index (χ2v) is 7.23. The van der Waals surface area contributed by atoms with Gasteiger partial charge in [-0.05, 0) is 73.5 Å². The molecular weight excluding hydrogens is 388 g/mol. The first-order chi connectivity index (χ1) is 14.0. The van der Waals surface area contributed by atoms with Crippen LogP contribution in [0.3, 0.4) is 0 Å². The molecule has 0 aliphatic carbocycles. The lowest BCUT2D eigenvalue weighted by atomic mass is 10.1. The fourth-order valence-corrected chi connectivity index (χ4v) is 3.09. The number of fused-ring (bicyclic) bond motifs is 1. The number of nitrogens with one attached hydrogen (secondary N) is 1. The van der Waals surface area contributed by atoms with Crippen LogP contribution in [-0.2, 0) is 4.79 Å². The van der Waals surface area contributed by atoms with E-state index in [1.807, 2.05) is 44.2 Å². The van der Waals surface area contributed by atoms with Gasteiger partial charge in [0.15, 0.2) is 12.2 Å². The van der Waals surface area contributed by atoms with E-state index in [-0.39, 0.29) is 12.5 Å². The van der Waals surface area contributed by atoms with Gasteiger partial charge in [0.2, 0.25) is 5.89 Å². The first-order valence-corrected chi connectivity index (χ1v) is 9.52. The Bertz CT molecular complexity index is 1200. The lowest BCUT2D eigenvalue weighted by molar-refractivity contribution is -0.118. The molecule has 5 nitrogen and oxygen atoms in total. The molecule has 0 radical (unpaired) electrons. The van der Waals surface area contributed by atoms with Crippen LogP contribution in [0.2, 0.25) is 5.02 Å². The van der Waals surface area contributed by atoms with E-state index in [0.717, 1.165) is 11.1 Å². The average Bonchev–Trinajstić information content (AvgIpc) is 3.12. The third kappa shape index (κ3) is 4.41. The minimum Gasteiger partial charge on any atom is -0.484 e. The molecule has 29 heavy (non-hydrogen) atoms. The molecule has 0 atom stereocenters. The highest BCUT2D eigenvalue weighted by Crippen LogP contribution is 2.27. The minimum absolute atomic E-state index is 0.0763. The summed E-state index contributed by atoms with van der Waals surface area (Å²) in [6.07, 6.45) is 0. The molecule has 0 aliphatic heterocycles. The van der Waals surface area contributed by atoms with Crippen LogP contribution in [0.4, 0.5) is 5.69 Å². The van der Waals surface area contributed by atoms with Gasteiger partial charge in [-0.1, -0.05) is 23.7 Å². The number of oxazole rings is 1. The quantitative estimate of drug-likeness (QED) is 0.456. The van der Waals surface area contributed by atoms with Crippen LogP contribution >= 0.6 is 11.6 Å². The number of aromatic nitrogens is 1. The van der Waals surface area contributed by atoms with Crippen LogP contribution in [0.1, 0.15) is 11.1 Å². The lowest BCUT2D eigenvalue weighted by Crippen LogP contribution is -2.20. The topological polar surface area (TPSA) is 64.4 Å². The smallest absolute Gasteiger partial charge is 0.262 e. The van der Waals surface area contributed by atoms with Crippen molar-refractivity contribution in [3.05, 3.63) is 76.8 Å². The maximum Gasteiger partial charge on any atom is 0.262 e. The van der Waals surface area contributed by atoms with Gasteiger partial charge in [-0.2, -0.15) is 0 Å². The molecule has 4 rings (SSSR count). The van der Waals surface area contributed by atoms with E-state index >= 15 is 0 Å². The number of benzene rings is 3.